The highest BCUT2D eigenvalue weighted by Gasteiger charge is 2.23. The summed E-state index contributed by atoms with van der Waals surface area (Å²) in [6.07, 6.45) is -0.739. The van der Waals surface area contributed by atoms with Crippen molar-refractivity contribution in [3.05, 3.63) is 35.7 Å². The molecule has 1 aromatic heterocycles. The van der Waals surface area contributed by atoms with Gasteiger partial charge in [0, 0.05) is 0 Å². The molecule has 1 amide bonds. The molecular weight excluding hydrogens is 344 g/mol. The Balaban J connectivity index is 1.74. The largest absolute Gasteiger partial charge is 0.485 e. The lowest BCUT2D eigenvalue weighted by Crippen LogP contribution is -2.30. The number of para-hydroxylation sites is 2. The molecule has 0 unspecified atom stereocenters. The van der Waals surface area contributed by atoms with Gasteiger partial charge in [-0.2, -0.15) is 0 Å². The maximum Gasteiger partial charge on any atom is 0.278 e. The van der Waals surface area contributed by atoms with Crippen molar-refractivity contribution in [3.63, 3.8) is 0 Å². The SMILES string of the molecule is Cc1c(C(=O)Nc2ccccc2OCC(F)F)nnn1C1CCNCC1. The number of nitrogens with one attached hydrogen (secondary N) is 2. The zero-order valence-electron chi connectivity index (χ0n) is 14.4. The molecule has 140 valence electrons. The van der Waals surface area contributed by atoms with Gasteiger partial charge in [0.1, 0.15) is 12.4 Å². The van der Waals surface area contributed by atoms with Crippen LogP contribution in [-0.4, -0.2) is 47.0 Å². The number of benzene rings is 1. The summed E-state index contributed by atoms with van der Waals surface area (Å²) >= 11 is 0. The van der Waals surface area contributed by atoms with E-state index in [1.807, 2.05) is 0 Å². The molecule has 7 nitrogen and oxygen atoms in total. The standard InChI is InChI=1S/C17H21F2N5O2/c1-11-16(22-23-24(11)12-6-8-20-9-7-12)17(25)21-13-4-2-3-5-14(13)26-10-15(18)19/h2-5,12,15,20H,6-10H2,1H3,(H,21,25). The van der Waals surface area contributed by atoms with Gasteiger partial charge in [-0.25, -0.2) is 13.5 Å². The van der Waals surface area contributed by atoms with Crippen LogP contribution in [0.15, 0.2) is 24.3 Å². The number of carbonyl (C=O) groups is 1. The number of hydrogen-bond donors (Lipinski definition) is 2. The fourth-order valence-electron chi connectivity index (χ4n) is 2.98. The Morgan fingerprint density at radius 1 is 1.38 bits per heavy atom. The van der Waals surface area contributed by atoms with Crippen molar-refractivity contribution in [2.24, 2.45) is 0 Å². The first-order chi connectivity index (χ1) is 12.6. The molecule has 1 aliphatic heterocycles. The van der Waals surface area contributed by atoms with Crippen LogP contribution in [0.25, 0.3) is 0 Å². The van der Waals surface area contributed by atoms with E-state index < -0.39 is 18.9 Å². The lowest BCUT2D eigenvalue weighted by molar-refractivity contribution is 0.0822. The smallest absolute Gasteiger partial charge is 0.278 e. The maximum absolute atomic E-state index is 12.6. The van der Waals surface area contributed by atoms with E-state index in [2.05, 4.69) is 20.9 Å². The molecule has 26 heavy (non-hydrogen) atoms. The van der Waals surface area contributed by atoms with E-state index >= 15 is 0 Å². The Hall–Kier alpha value is -2.55. The molecule has 0 saturated carbocycles. The second kappa shape index (κ2) is 8.22. The number of nitrogens with zero attached hydrogens (tertiary/aromatic N) is 3. The first kappa shape index (κ1) is 18.2. The van der Waals surface area contributed by atoms with Gasteiger partial charge >= 0.3 is 0 Å². The zero-order chi connectivity index (χ0) is 18.5. The van der Waals surface area contributed by atoms with Crippen LogP contribution in [0.5, 0.6) is 5.75 Å². The Labute approximate surface area is 149 Å². The molecule has 2 N–H and O–H groups in total. The predicted molar refractivity (Wildman–Crippen MR) is 91.8 cm³/mol. The summed E-state index contributed by atoms with van der Waals surface area (Å²) in [5, 5.41) is 14.1. The van der Waals surface area contributed by atoms with Gasteiger partial charge in [-0.05, 0) is 45.0 Å². The van der Waals surface area contributed by atoms with E-state index in [4.69, 9.17) is 4.74 Å². The number of halogens is 2. The van der Waals surface area contributed by atoms with Crippen LogP contribution in [0.2, 0.25) is 0 Å². The highest BCUT2D eigenvalue weighted by Crippen LogP contribution is 2.26. The minimum atomic E-state index is -2.59. The zero-order valence-corrected chi connectivity index (χ0v) is 14.4. The maximum atomic E-state index is 12.6. The third-order valence-electron chi connectivity index (χ3n) is 4.30. The number of carbonyl (C=O) groups excluding carboxylic acids is 1. The van der Waals surface area contributed by atoms with Crippen molar-refractivity contribution in [1.29, 1.82) is 0 Å². The molecule has 1 fully saturated rings. The number of ether oxygens (including phenoxy) is 1. The van der Waals surface area contributed by atoms with Crippen LogP contribution in [0.3, 0.4) is 0 Å². The quantitative estimate of drug-likeness (QED) is 0.822. The number of rotatable bonds is 6. The Kier molecular flexibility index (Phi) is 5.77. The molecule has 0 atom stereocenters. The monoisotopic (exact) mass is 365 g/mol. The van der Waals surface area contributed by atoms with Gasteiger partial charge in [0.05, 0.1) is 17.4 Å². The molecular formula is C17H21F2N5O2. The molecule has 0 aliphatic carbocycles. The van der Waals surface area contributed by atoms with E-state index in [1.165, 1.54) is 6.07 Å². The molecule has 2 aromatic rings. The number of hydrogen-bond acceptors (Lipinski definition) is 5. The minimum absolute atomic E-state index is 0.185. The Bertz CT molecular complexity index is 759. The van der Waals surface area contributed by atoms with Gasteiger partial charge in [0.2, 0.25) is 0 Å². The third-order valence-corrected chi connectivity index (χ3v) is 4.30. The van der Waals surface area contributed by atoms with Crippen LogP contribution in [0, 0.1) is 6.92 Å². The summed E-state index contributed by atoms with van der Waals surface area (Å²) in [5.41, 5.74) is 1.21. The molecule has 3 rings (SSSR count). The van der Waals surface area contributed by atoms with Crippen LogP contribution >= 0.6 is 0 Å². The molecule has 9 heteroatoms. The first-order valence-corrected chi connectivity index (χ1v) is 8.50. The van der Waals surface area contributed by atoms with E-state index in [1.54, 1.807) is 29.8 Å². The summed E-state index contributed by atoms with van der Waals surface area (Å²) in [5.74, 6) is -0.264. The van der Waals surface area contributed by atoms with Crippen molar-refractivity contribution in [2.75, 3.05) is 25.0 Å². The van der Waals surface area contributed by atoms with E-state index in [0.717, 1.165) is 25.9 Å². The number of alkyl halides is 2. The molecule has 0 radical (unpaired) electrons. The molecule has 0 spiro atoms. The van der Waals surface area contributed by atoms with Gasteiger partial charge in [0.25, 0.3) is 12.3 Å². The fourth-order valence-corrected chi connectivity index (χ4v) is 2.98. The lowest BCUT2D eigenvalue weighted by Gasteiger charge is -2.23. The van der Waals surface area contributed by atoms with E-state index in [9.17, 15) is 13.6 Å². The van der Waals surface area contributed by atoms with E-state index in [-0.39, 0.29) is 17.5 Å². The molecule has 1 aromatic carbocycles. The van der Waals surface area contributed by atoms with Crippen LogP contribution < -0.4 is 15.4 Å². The Morgan fingerprint density at radius 3 is 2.85 bits per heavy atom. The van der Waals surface area contributed by atoms with Gasteiger partial charge in [-0.3, -0.25) is 4.79 Å². The number of anilines is 1. The normalized spacial score (nSPS) is 15.2. The van der Waals surface area contributed by atoms with Crippen molar-refractivity contribution in [3.8, 4) is 5.75 Å². The topological polar surface area (TPSA) is 81.1 Å². The summed E-state index contributed by atoms with van der Waals surface area (Å²) in [7, 11) is 0. The van der Waals surface area contributed by atoms with Gasteiger partial charge in [-0.1, -0.05) is 17.3 Å². The predicted octanol–water partition coefficient (Wildman–Crippen LogP) is 2.41. The molecule has 1 saturated heterocycles. The van der Waals surface area contributed by atoms with Crippen molar-refractivity contribution in [2.45, 2.75) is 32.2 Å². The average molecular weight is 365 g/mol. The lowest BCUT2D eigenvalue weighted by atomic mass is 10.1. The first-order valence-electron chi connectivity index (χ1n) is 8.50. The summed E-state index contributed by atoms with van der Waals surface area (Å²) in [6.45, 7) is 2.87. The van der Waals surface area contributed by atoms with Crippen LogP contribution in [-0.2, 0) is 0 Å². The number of amides is 1. The number of piperidine rings is 1. The minimum Gasteiger partial charge on any atom is -0.485 e. The van der Waals surface area contributed by atoms with Gasteiger partial charge in [-0.15, -0.1) is 5.10 Å². The van der Waals surface area contributed by atoms with Crippen LogP contribution in [0.1, 0.15) is 35.1 Å². The number of aromatic nitrogens is 3. The van der Waals surface area contributed by atoms with Crippen molar-refractivity contribution < 1.29 is 18.3 Å². The van der Waals surface area contributed by atoms with Gasteiger partial charge in [0.15, 0.2) is 5.69 Å². The second-order valence-electron chi connectivity index (χ2n) is 6.10. The second-order valence-corrected chi connectivity index (χ2v) is 6.10. The third kappa shape index (κ3) is 4.16. The highest BCUT2D eigenvalue weighted by molar-refractivity contribution is 6.04. The molecule has 1 aliphatic rings. The van der Waals surface area contributed by atoms with Gasteiger partial charge < -0.3 is 15.4 Å². The van der Waals surface area contributed by atoms with Crippen molar-refractivity contribution in [1.82, 2.24) is 20.3 Å². The summed E-state index contributed by atoms with van der Waals surface area (Å²) < 4.78 is 31.6. The average Bonchev–Trinajstić information content (AvgIpc) is 3.03. The molecule has 0 bridgehead atoms. The van der Waals surface area contributed by atoms with E-state index in [0.29, 0.717) is 11.4 Å². The summed E-state index contributed by atoms with van der Waals surface area (Å²) in [4.78, 5) is 12.6. The highest BCUT2D eigenvalue weighted by atomic mass is 19.3. The van der Waals surface area contributed by atoms with Crippen LogP contribution in [0.4, 0.5) is 14.5 Å². The fraction of sp³-hybridized carbons (Fsp3) is 0.471. The van der Waals surface area contributed by atoms with Crippen molar-refractivity contribution >= 4 is 11.6 Å². The molecule has 2 heterocycles. The Morgan fingerprint density at radius 2 is 2.12 bits per heavy atom. The summed E-state index contributed by atoms with van der Waals surface area (Å²) in [6, 6.07) is 6.66.